The Kier molecular flexibility index (Phi) is 6.71. The van der Waals surface area contributed by atoms with Gasteiger partial charge in [0.15, 0.2) is 0 Å². The van der Waals surface area contributed by atoms with E-state index in [9.17, 15) is 20.2 Å². The molecule has 0 atom stereocenters. The first-order valence-electron chi connectivity index (χ1n) is 8.46. The molecule has 144 valence electrons. The lowest BCUT2D eigenvalue weighted by Gasteiger charge is -2.13. The Morgan fingerprint density at radius 2 is 1.96 bits per heavy atom. The Bertz CT molecular complexity index is 961. The molecule has 0 fully saturated rings. The van der Waals surface area contributed by atoms with Crippen LogP contribution in [0.1, 0.15) is 25.3 Å². The number of hydrogen-bond donors (Lipinski definition) is 2. The summed E-state index contributed by atoms with van der Waals surface area (Å²) in [6.07, 6.45) is 1.23. The molecular weight excluding hydrogens is 360 g/mol. The van der Waals surface area contributed by atoms with Crippen molar-refractivity contribution in [2.24, 2.45) is 0 Å². The third-order valence-corrected chi connectivity index (χ3v) is 3.96. The van der Waals surface area contributed by atoms with E-state index in [0.29, 0.717) is 11.4 Å². The Morgan fingerprint density at radius 1 is 1.25 bits per heavy atom. The molecule has 0 aliphatic carbocycles. The number of nitrogens with one attached hydrogen (secondary N) is 2. The average molecular weight is 380 g/mol. The van der Waals surface area contributed by atoms with Crippen molar-refractivity contribution in [3.63, 3.8) is 0 Å². The number of rotatable bonds is 7. The molecule has 8 heteroatoms. The van der Waals surface area contributed by atoms with Crippen molar-refractivity contribution in [1.82, 2.24) is 0 Å². The number of nitriles is 1. The lowest BCUT2D eigenvalue weighted by atomic mass is 10.0. The molecule has 0 aliphatic heterocycles. The van der Waals surface area contributed by atoms with E-state index < -0.39 is 10.8 Å². The normalized spacial score (nSPS) is 10.9. The smallest absolute Gasteiger partial charge is 0.273 e. The number of nitrogens with zero attached hydrogens (tertiary/aromatic N) is 2. The summed E-state index contributed by atoms with van der Waals surface area (Å²) in [5.74, 6) is -0.147. The van der Waals surface area contributed by atoms with Gasteiger partial charge >= 0.3 is 0 Å². The van der Waals surface area contributed by atoms with E-state index in [4.69, 9.17) is 4.74 Å². The number of carbonyl (C=O) groups excluding carboxylic acids is 1. The first-order valence-corrected chi connectivity index (χ1v) is 8.46. The van der Waals surface area contributed by atoms with Crippen LogP contribution in [0.5, 0.6) is 5.75 Å². The van der Waals surface area contributed by atoms with Gasteiger partial charge in [0, 0.05) is 18.0 Å². The van der Waals surface area contributed by atoms with Crippen molar-refractivity contribution in [2.75, 3.05) is 17.7 Å². The topological polar surface area (TPSA) is 117 Å². The van der Waals surface area contributed by atoms with Crippen LogP contribution in [0, 0.1) is 21.4 Å². The second-order valence-electron chi connectivity index (χ2n) is 6.15. The van der Waals surface area contributed by atoms with Crippen molar-refractivity contribution in [3.05, 3.63) is 69.9 Å². The second kappa shape index (κ2) is 9.19. The molecule has 0 aliphatic rings. The summed E-state index contributed by atoms with van der Waals surface area (Å²) in [7, 11) is 1.37. The number of para-hydroxylation sites is 1. The number of non-ortho nitro benzene ring substituents is 1. The SMILES string of the molecule is COc1cc([N+](=O)[O-])ccc1N/C=C(/C#N)C(=O)Nc1ccccc1C(C)C. The van der Waals surface area contributed by atoms with Crippen molar-refractivity contribution in [3.8, 4) is 11.8 Å². The van der Waals surface area contributed by atoms with Crippen molar-refractivity contribution in [2.45, 2.75) is 19.8 Å². The van der Waals surface area contributed by atoms with Crippen molar-refractivity contribution in [1.29, 1.82) is 5.26 Å². The van der Waals surface area contributed by atoms with Gasteiger partial charge in [0.05, 0.1) is 23.8 Å². The number of ether oxygens (including phenoxy) is 1. The summed E-state index contributed by atoms with van der Waals surface area (Å²) in [5.41, 5.74) is 1.69. The van der Waals surface area contributed by atoms with Crippen LogP contribution in [0.15, 0.2) is 54.2 Å². The number of anilines is 2. The number of carbonyl (C=O) groups is 1. The third kappa shape index (κ3) is 4.86. The monoisotopic (exact) mass is 380 g/mol. The van der Waals surface area contributed by atoms with Gasteiger partial charge < -0.3 is 15.4 Å². The molecule has 2 N–H and O–H groups in total. The van der Waals surface area contributed by atoms with Gasteiger partial charge in [-0.3, -0.25) is 14.9 Å². The van der Waals surface area contributed by atoms with Gasteiger partial charge in [0.25, 0.3) is 11.6 Å². The average Bonchev–Trinajstić information content (AvgIpc) is 2.68. The number of benzene rings is 2. The number of nitro groups is 1. The molecule has 0 saturated heterocycles. The Hall–Kier alpha value is -3.86. The fourth-order valence-electron chi connectivity index (χ4n) is 2.52. The number of amides is 1. The maximum absolute atomic E-state index is 12.5. The van der Waals surface area contributed by atoms with Crippen LogP contribution >= 0.6 is 0 Å². The largest absolute Gasteiger partial charge is 0.494 e. The quantitative estimate of drug-likeness (QED) is 0.322. The van der Waals surface area contributed by atoms with Crippen LogP contribution in [0.3, 0.4) is 0 Å². The summed E-state index contributed by atoms with van der Waals surface area (Å²) >= 11 is 0. The van der Waals surface area contributed by atoms with E-state index in [0.717, 1.165) is 5.56 Å². The molecule has 0 saturated carbocycles. The molecule has 8 nitrogen and oxygen atoms in total. The highest BCUT2D eigenvalue weighted by Crippen LogP contribution is 2.29. The lowest BCUT2D eigenvalue weighted by molar-refractivity contribution is -0.384. The molecular formula is C20H20N4O4. The predicted octanol–water partition coefficient (Wildman–Crippen LogP) is 4.18. The molecule has 0 heterocycles. The van der Waals surface area contributed by atoms with Crippen LogP contribution in [0.2, 0.25) is 0 Å². The lowest BCUT2D eigenvalue weighted by Crippen LogP contribution is -2.16. The van der Waals surface area contributed by atoms with Gasteiger partial charge in [0.1, 0.15) is 17.4 Å². The summed E-state index contributed by atoms with van der Waals surface area (Å²) in [6, 6.07) is 13.2. The molecule has 0 bridgehead atoms. The zero-order valence-corrected chi connectivity index (χ0v) is 15.7. The molecule has 28 heavy (non-hydrogen) atoms. The molecule has 0 unspecified atom stereocenters. The summed E-state index contributed by atoms with van der Waals surface area (Å²) in [5, 5.41) is 25.7. The highest BCUT2D eigenvalue weighted by atomic mass is 16.6. The maximum Gasteiger partial charge on any atom is 0.273 e. The van der Waals surface area contributed by atoms with Crippen molar-refractivity contribution >= 4 is 23.0 Å². The fraction of sp³-hybridized carbons (Fsp3) is 0.200. The van der Waals surface area contributed by atoms with E-state index in [2.05, 4.69) is 10.6 Å². The highest BCUT2D eigenvalue weighted by molar-refractivity contribution is 6.07. The van der Waals surface area contributed by atoms with E-state index in [-0.39, 0.29) is 22.9 Å². The first kappa shape index (κ1) is 20.5. The van der Waals surface area contributed by atoms with Crippen LogP contribution < -0.4 is 15.4 Å². The molecule has 0 spiro atoms. The van der Waals surface area contributed by atoms with Gasteiger partial charge in [-0.15, -0.1) is 0 Å². The molecule has 0 aromatic heterocycles. The van der Waals surface area contributed by atoms with E-state index in [1.807, 2.05) is 32.0 Å². The minimum Gasteiger partial charge on any atom is -0.494 e. The van der Waals surface area contributed by atoms with Gasteiger partial charge in [-0.1, -0.05) is 32.0 Å². The zero-order valence-electron chi connectivity index (χ0n) is 15.7. The summed E-state index contributed by atoms with van der Waals surface area (Å²) in [4.78, 5) is 22.8. The van der Waals surface area contributed by atoms with Crippen molar-refractivity contribution < 1.29 is 14.5 Å². The molecule has 1 amide bonds. The van der Waals surface area contributed by atoms with Crippen LogP contribution in [-0.2, 0) is 4.79 Å². The highest BCUT2D eigenvalue weighted by Gasteiger charge is 2.14. The first-order chi connectivity index (χ1) is 13.4. The van der Waals surface area contributed by atoms with E-state index in [1.54, 1.807) is 12.1 Å². The van der Waals surface area contributed by atoms with Gasteiger partial charge in [-0.2, -0.15) is 5.26 Å². The Balaban J connectivity index is 2.22. The predicted molar refractivity (Wildman–Crippen MR) is 106 cm³/mol. The minimum absolute atomic E-state index is 0.130. The molecule has 0 radical (unpaired) electrons. The van der Waals surface area contributed by atoms with Crippen LogP contribution in [0.25, 0.3) is 0 Å². The maximum atomic E-state index is 12.5. The number of hydrogen-bond acceptors (Lipinski definition) is 6. The summed E-state index contributed by atoms with van der Waals surface area (Å²) in [6.45, 7) is 4.02. The van der Waals surface area contributed by atoms with E-state index >= 15 is 0 Å². The Morgan fingerprint density at radius 3 is 2.57 bits per heavy atom. The van der Waals surface area contributed by atoms with Gasteiger partial charge in [-0.25, -0.2) is 0 Å². The fourth-order valence-corrected chi connectivity index (χ4v) is 2.52. The number of nitro benzene ring substituents is 1. The van der Waals surface area contributed by atoms with Gasteiger partial charge in [0.2, 0.25) is 0 Å². The second-order valence-corrected chi connectivity index (χ2v) is 6.15. The molecule has 2 rings (SSSR count). The van der Waals surface area contributed by atoms with E-state index in [1.165, 1.54) is 31.5 Å². The van der Waals surface area contributed by atoms with Gasteiger partial charge in [-0.05, 0) is 23.6 Å². The summed E-state index contributed by atoms with van der Waals surface area (Å²) < 4.78 is 5.12. The van der Waals surface area contributed by atoms with Crippen LogP contribution in [-0.4, -0.2) is 17.9 Å². The third-order valence-electron chi connectivity index (χ3n) is 3.96. The molecule has 2 aromatic rings. The van der Waals surface area contributed by atoms with Crippen LogP contribution in [0.4, 0.5) is 17.1 Å². The zero-order chi connectivity index (χ0) is 20.7. The minimum atomic E-state index is -0.566. The number of methoxy groups -OCH3 is 1. The Labute approximate surface area is 162 Å². The standard InChI is InChI=1S/C20H20N4O4/c1-13(2)16-6-4-5-7-17(16)23-20(25)14(11-21)12-22-18-9-8-15(24(26)27)10-19(18)28-3/h4-10,12-13,22H,1-3H3,(H,23,25)/b14-12-. The molecule has 2 aromatic carbocycles.